The molecule has 2 rings (SSSR count). The van der Waals surface area contributed by atoms with E-state index in [1.54, 1.807) is 19.2 Å². The Morgan fingerprint density at radius 2 is 1.59 bits per heavy atom. The van der Waals surface area contributed by atoms with E-state index in [1.807, 2.05) is 19.1 Å². The topological polar surface area (TPSA) is 63.7 Å². The summed E-state index contributed by atoms with van der Waals surface area (Å²) in [6.07, 6.45) is 0. The molecule has 2 aromatic carbocycles. The van der Waals surface area contributed by atoms with Crippen molar-refractivity contribution >= 4 is 22.1 Å². The summed E-state index contributed by atoms with van der Waals surface area (Å²) in [4.78, 5) is 13.7. The smallest absolute Gasteiger partial charge is 0.358 e. The molecule has 116 valence electrons. The number of amides is 1. The first kappa shape index (κ1) is 16.0. The van der Waals surface area contributed by atoms with Crippen molar-refractivity contribution in [1.29, 1.82) is 0 Å². The minimum Gasteiger partial charge on any atom is -0.358 e. The first-order valence-corrected chi connectivity index (χ1v) is 7.66. The highest BCUT2D eigenvalue weighted by atomic mass is 32.3. The fourth-order valence-electron chi connectivity index (χ4n) is 1.85. The van der Waals surface area contributed by atoms with Gasteiger partial charge < -0.3 is 9.08 Å². The van der Waals surface area contributed by atoms with E-state index in [-0.39, 0.29) is 11.7 Å². The van der Waals surface area contributed by atoms with Crippen LogP contribution in [0.3, 0.4) is 0 Å². The number of hydrogen-bond donors (Lipinski definition) is 0. The van der Waals surface area contributed by atoms with E-state index in [2.05, 4.69) is 4.18 Å². The summed E-state index contributed by atoms with van der Waals surface area (Å²) in [7, 11) is -3.47. The van der Waals surface area contributed by atoms with Crippen LogP contribution in [0.5, 0.6) is 5.75 Å². The summed E-state index contributed by atoms with van der Waals surface area (Å²) in [5.41, 5.74) is 2.10. The summed E-state index contributed by atoms with van der Waals surface area (Å²) >= 11 is 0. The Hall–Kier alpha value is -2.41. The summed E-state index contributed by atoms with van der Waals surface area (Å²) < 4.78 is 37.3. The van der Waals surface area contributed by atoms with E-state index in [9.17, 15) is 17.1 Å². The van der Waals surface area contributed by atoms with E-state index < -0.39 is 10.5 Å². The molecule has 0 atom stereocenters. The third-order valence-corrected chi connectivity index (χ3v) is 3.41. The van der Waals surface area contributed by atoms with Crippen LogP contribution in [-0.2, 0) is 10.5 Å². The number of carbonyl (C=O) groups is 1. The molecule has 0 aliphatic heterocycles. The lowest BCUT2D eigenvalue weighted by atomic mass is 10.1. The molecule has 1 amide bonds. The Morgan fingerprint density at radius 1 is 1.05 bits per heavy atom. The molecule has 0 bridgehead atoms. The first-order valence-electron chi connectivity index (χ1n) is 6.35. The molecular formula is C15H14FNO4S. The van der Waals surface area contributed by atoms with Gasteiger partial charge in [0.1, 0.15) is 5.75 Å². The molecule has 22 heavy (non-hydrogen) atoms. The number of nitrogens with zero attached hydrogens (tertiary/aromatic N) is 1. The fourth-order valence-corrected chi connectivity index (χ4v) is 2.19. The SMILES string of the molecule is Cc1ccc(C(=O)N(C)c2ccc(OS(=O)(=O)F)cc2)cc1. The number of anilines is 1. The Morgan fingerprint density at radius 3 is 2.09 bits per heavy atom. The van der Waals surface area contributed by atoms with Gasteiger partial charge in [0.05, 0.1) is 0 Å². The zero-order chi connectivity index (χ0) is 16.3. The predicted molar refractivity (Wildman–Crippen MR) is 81.0 cm³/mol. The van der Waals surface area contributed by atoms with Gasteiger partial charge in [0.15, 0.2) is 0 Å². The zero-order valence-corrected chi connectivity index (χ0v) is 12.8. The normalized spacial score (nSPS) is 11.0. The summed E-state index contributed by atoms with van der Waals surface area (Å²) in [5, 5.41) is 0. The van der Waals surface area contributed by atoms with Crippen LogP contribution in [0.1, 0.15) is 15.9 Å². The van der Waals surface area contributed by atoms with Crippen molar-refractivity contribution in [1.82, 2.24) is 0 Å². The van der Waals surface area contributed by atoms with Crippen molar-refractivity contribution in [2.24, 2.45) is 0 Å². The maximum Gasteiger partial charge on any atom is 0.488 e. The molecule has 0 aliphatic carbocycles. The summed E-state index contributed by atoms with van der Waals surface area (Å²) in [6, 6.07) is 12.6. The second-order valence-corrected chi connectivity index (χ2v) is 5.65. The van der Waals surface area contributed by atoms with Crippen molar-refractivity contribution in [3.05, 3.63) is 59.7 Å². The van der Waals surface area contributed by atoms with Crippen molar-refractivity contribution < 1.29 is 21.3 Å². The van der Waals surface area contributed by atoms with Gasteiger partial charge in [0.2, 0.25) is 0 Å². The average Bonchev–Trinajstić information content (AvgIpc) is 2.46. The number of carbonyl (C=O) groups excluding carboxylic acids is 1. The van der Waals surface area contributed by atoms with Gasteiger partial charge >= 0.3 is 10.5 Å². The van der Waals surface area contributed by atoms with Crippen LogP contribution in [0.25, 0.3) is 0 Å². The molecule has 0 aromatic heterocycles. The van der Waals surface area contributed by atoms with Gasteiger partial charge in [0, 0.05) is 18.3 Å². The van der Waals surface area contributed by atoms with Gasteiger partial charge in [-0.3, -0.25) is 4.79 Å². The van der Waals surface area contributed by atoms with Gasteiger partial charge in [-0.2, -0.15) is 8.42 Å². The Balaban J connectivity index is 2.17. The van der Waals surface area contributed by atoms with E-state index in [4.69, 9.17) is 0 Å². The van der Waals surface area contributed by atoms with Gasteiger partial charge in [-0.05, 0) is 43.3 Å². The van der Waals surface area contributed by atoms with Crippen molar-refractivity contribution in [3.63, 3.8) is 0 Å². The molecule has 0 radical (unpaired) electrons. The second kappa shape index (κ2) is 6.15. The molecule has 0 spiro atoms. The summed E-state index contributed by atoms with van der Waals surface area (Å²) in [5.74, 6) is -0.380. The Kier molecular flexibility index (Phi) is 4.46. The third kappa shape index (κ3) is 4.05. The molecule has 0 N–H and O–H groups in total. The molecule has 5 nitrogen and oxygen atoms in total. The van der Waals surface area contributed by atoms with Crippen LogP contribution in [0.2, 0.25) is 0 Å². The van der Waals surface area contributed by atoms with Crippen molar-refractivity contribution in [2.75, 3.05) is 11.9 Å². The molecule has 7 heteroatoms. The highest BCUT2D eigenvalue weighted by molar-refractivity contribution is 7.81. The lowest BCUT2D eigenvalue weighted by molar-refractivity contribution is 0.0993. The van der Waals surface area contributed by atoms with E-state index in [1.165, 1.54) is 29.2 Å². The number of aryl methyl sites for hydroxylation is 1. The maximum atomic E-state index is 12.4. The lowest BCUT2D eigenvalue weighted by Gasteiger charge is -2.17. The van der Waals surface area contributed by atoms with Crippen LogP contribution < -0.4 is 9.08 Å². The van der Waals surface area contributed by atoms with Gasteiger partial charge in [0.25, 0.3) is 5.91 Å². The first-order chi connectivity index (χ1) is 10.3. The predicted octanol–water partition coefficient (Wildman–Crippen LogP) is 2.86. The number of benzene rings is 2. The Bertz CT molecular complexity index is 770. The molecular weight excluding hydrogens is 309 g/mol. The standard InChI is InChI=1S/C15H14FNO4S/c1-11-3-5-12(6-4-11)15(18)17(2)13-7-9-14(10-8-13)21-22(16,19)20/h3-10H,1-2H3. The van der Waals surface area contributed by atoms with E-state index >= 15 is 0 Å². The largest absolute Gasteiger partial charge is 0.488 e. The van der Waals surface area contributed by atoms with Crippen LogP contribution in [-0.4, -0.2) is 21.4 Å². The van der Waals surface area contributed by atoms with Gasteiger partial charge in [-0.15, -0.1) is 0 Å². The highest BCUT2D eigenvalue weighted by Gasteiger charge is 2.14. The molecule has 0 saturated heterocycles. The van der Waals surface area contributed by atoms with Crippen LogP contribution in [0, 0.1) is 6.92 Å². The van der Waals surface area contributed by atoms with Crippen molar-refractivity contribution in [3.8, 4) is 5.75 Å². The van der Waals surface area contributed by atoms with Crippen molar-refractivity contribution in [2.45, 2.75) is 6.92 Å². The zero-order valence-electron chi connectivity index (χ0n) is 12.0. The third-order valence-electron chi connectivity index (χ3n) is 3.02. The van der Waals surface area contributed by atoms with Gasteiger partial charge in [-0.1, -0.05) is 21.6 Å². The quantitative estimate of drug-likeness (QED) is 0.812. The minimum absolute atomic E-state index is 0.164. The maximum absolute atomic E-state index is 12.4. The molecule has 0 aliphatic rings. The number of hydrogen-bond acceptors (Lipinski definition) is 4. The average molecular weight is 323 g/mol. The number of halogens is 1. The Labute approximate surface area is 128 Å². The monoisotopic (exact) mass is 323 g/mol. The highest BCUT2D eigenvalue weighted by Crippen LogP contribution is 2.21. The van der Waals surface area contributed by atoms with E-state index in [0.29, 0.717) is 11.3 Å². The molecule has 0 unspecified atom stereocenters. The number of rotatable bonds is 4. The van der Waals surface area contributed by atoms with Crippen LogP contribution >= 0.6 is 0 Å². The fraction of sp³-hybridized carbons (Fsp3) is 0.133. The van der Waals surface area contributed by atoms with Crippen LogP contribution in [0.15, 0.2) is 48.5 Å². The summed E-state index contributed by atoms with van der Waals surface area (Å²) in [6.45, 7) is 1.93. The second-order valence-electron chi connectivity index (χ2n) is 4.70. The molecule has 0 saturated carbocycles. The molecule has 0 heterocycles. The molecule has 0 fully saturated rings. The minimum atomic E-state index is -5.05. The van der Waals surface area contributed by atoms with Crippen LogP contribution in [0.4, 0.5) is 9.57 Å². The molecule has 2 aromatic rings. The lowest BCUT2D eigenvalue weighted by Crippen LogP contribution is -2.26. The van der Waals surface area contributed by atoms with E-state index in [0.717, 1.165) is 5.56 Å². The van der Waals surface area contributed by atoms with Gasteiger partial charge in [-0.25, -0.2) is 0 Å².